The third-order valence-corrected chi connectivity index (χ3v) is 4.43. The molecule has 0 aliphatic carbocycles. The molecule has 5 heteroatoms. The summed E-state index contributed by atoms with van der Waals surface area (Å²) in [6.45, 7) is 0.439. The van der Waals surface area contributed by atoms with Crippen LogP contribution in [0.15, 0.2) is 60.7 Å². The van der Waals surface area contributed by atoms with E-state index in [1.807, 2.05) is 36.4 Å². The number of hydroxylamine groups is 1. The predicted octanol–water partition coefficient (Wildman–Crippen LogP) is 2.96. The molecular weight excluding hydrogens is 273 g/mol. The summed E-state index contributed by atoms with van der Waals surface area (Å²) in [7, 11) is -3.88. The van der Waals surface area contributed by atoms with Gasteiger partial charge in [-0.05, 0) is 23.8 Å². The molecule has 0 saturated heterocycles. The summed E-state index contributed by atoms with van der Waals surface area (Å²) < 4.78 is 17.7. The van der Waals surface area contributed by atoms with Gasteiger partial charge >= 0.3 is 7.60 Å². The molecule has 0 radical (unpaired) electrons. The predicted molar refractivity (Wildman–Crippen MR) is 79.8 cm³/mol. The standard InChI is InChI=1S/C15H14NO3P/c17-20(18,14-9-2-1-3-10-14)19-16-12-6-8-13-7-4-5-11-15(13)16/h1-11H,12H2,(H,17,18). The van der Waals surface area contributed by atoms with E-state index in [2.05, 4.69) is 0 Å². The minimum atomic E-state index is -3.88. The van der Waals surface area contributed by atoms with Gasteiger partial charge in [-0.1, -0.05) is 48.6 Å². The highest BCUT2D eigenvalue weighted by Crippen LogP contribution is 2.43. The van der Waals surface area contributed by atoms with Crippen LogP contribution in [0.1, 0.15) is 5.56 Å². The van der Waals surface area contributed by atoms with E-state index in [-0.39, 0.29) is 5.30 Å². The van der Waals surface area contributed by atoms with E-state index in [4.69, 9.17) is 4.62 Å². The average molecular weight is 287 g/mol. The van der Waals surface area contributed by atoms with Crippen LogP contribution in [0.2, 0.25) is 0 Å². The second-order valence-corrected chi connectivity index (χ2v) is 6.18. The Morgan fingerprint density at radius 3 is 2.55 bits per heavy atom. The van der Waals surface area contributed by atoms with Crippen molar-refractivity contribution in [2.24, 2.45) is 0 Å². The zero-order valence-corrected chi connectivity index (χ0v) is 11.6. The normalized spacial score (nSPS) is 16.6. The summed E-state index contributed by atoms with van der Waals surface area (Å²) >= 11 is 0. The summed E-state index contributed by atoms with van der Waals surface area (Å²) in [4.78, 5) is 10.1. The Bertz CT molecular complexity index is 685. The quantitative estimate of drug-likeness (QED) is 0.882. The van der Waals surface area contributed by atoms with Crippen LogP contribution in [-0.2, 0) is 9.19 Å². The lowest BCUT2D eigenvalue weighted by atomic mass is 10.1. The topological polar surface area (TPSA) is 49.8 Å². The molecule has 1 aliphatic rings. The molecule has 1 N–H and O–H groups in total. The minimum Gasteiger partial charge on any atom is -0.320 e. The maximum absolute atomic E-state index is 12.4. The minimum absolute atomic E-state index is 0.284. The molecule has 0 saturated carbocycles. The van der Waals surface area contributed by atoms with E-state index in [9.17, 15) is 9.46 Å². The molecule has 20 heavy (non-hydrogen) atoms. The van der Waals surface area contributed by atoms with Crippen LogP contribution in [0.25, 0.3) is 6.08 Å². The second kappa shape index (κ2) is 5.25. The van der Waals surface area contributed by atoms with Crippen molar-refractivity contribution in [3.63, 3.8) is 0 Å². The molecule has 2 aromatic carbocycles. The SMILES string of the molecule is O=P(O)(ON1CC=Cc2ccccc21)c1ccccc1. The van der Waals surface area contributed by atoms with Crippen LogP contribution in [0.4, 0.5) is 5.69 Å². The van der Waals surface area contributed by atoms with Crippen molar-refractivity contribution >= 4 is 24.7 Å². The molecule has 1 unspecified atom stereocenters. The molecule has 3 rings (SSSR count). The Kier molecular flexibility index (Phi) is 3.45. The van der Waals surface area contributed by atoms with Crippen LogP contribution in [0.3, 0.4) is 0 Å². The summed E-state index contributed by atoms with van der Waals surface area (Å²) in [5.41, 5.74) is 1.76. The van der Waals surface area contributed by atoms with E-state index in [0.717, 1.165) is 11.3 Å². The average Bonchev–Trinajstić information content (AvgIpc) is 2.48. The van der Waals surface area contributed by atoms with Gasteiger partial charge < -0.3 is 4.89 Å². The van der Waals surface area contributed by atoms with Crippen LogP contribution < -0.4 is 10.4 Å². The fourth-order valence-electron chi connectivity index (χ4n) is 2.10. The van der Waals surface area contributed by atoms with Gasteiger partial charge in [-0.3, -0.25) is 4.57 Å². The second-order valence-electron chi connectivity index (χ2n) is 4.46. The smallest absolute Gasteiger partial charge is 0.320 e. The van der Waals surface area contributed by atoms with Gasteiger partial charge in [-0.15, -0.1) is 0 Å². The zero-order chi connectivity index (χ0) is 14.0. The molecule has 0 amide bonds. The summed E-state index contributed by atoms with van der Waals surface area (Å²) in [6, 6.07) is 16.0. The molecule has 0 fully saturated rings. The highest BCUT2D eigenvalue weighted by molar-refractivity contribution is 7.61. The van der Waals surface area contributed by atoms with E-state index >= 15 is 0 Å². The molecule has 1 heterocycles. The molecule has 0 aromatic heterocycles. The van der Waals surface area contributed by atoms with Crippen LogP contribution in [0, 0.1) is 0 Å². The van der Waals surface area contributed by atoms with E-state index in [1.165, 1.54) is 5.06 Å². The van der Waals surface area contributed by atoms with Crippen molar-refractivity contribution in [3.8, 4) is 0 Å². The molecule has 102 valence electrons. The molecule has 0 bridgehead atoms. The first-order valence-electron chi connectivity index (χ1n) is 6.28. The number of para-hydroxylation sites is 1. The molecule has 2 aromatic rings. The van der Waals surface area contributed by atoms with Gasteiger partial charge in [0.1, 0.15) is 0 Å². The Balaban J connectivity index is 1.89. The lowest BCUT2D eigenvalue weighted by molar-refractivity contribution is 0.249. The van der Waals surface area contributed by atoms with Gasteiger partial charge in [0.2, 0.25) is 0 Å². The highest BCUT2D eigenvalue weighted by atomic mass is 31.2. The third kappa shape index (κ3) is 2.54. The van der Waals surface area contributed by atoms with Gasteiger partial charge in [0.15, 0.2) is 0 Å². The molecule has 1 atom stereocenters. The maximum Gasteiger partial charge on any atom is 0.380 e. The van der Waals surface area contributed by atoms with Crippen molar-refractivity contribution in [2.45, 2.75) is 0 Å². The Morgan fingerprint density at radius 1 is 1.05 bits per heavy atom. The highest BCUT2D eigenvalue weighted by Gasteiger charge is 2.28. The molecule has 4 nitrogen and oxygen atoms in total. The van der Waals surface area contributed by atoms with Gasteiger partial charge in [0.25, 0.3) is 0 Å². The molecule has 1 aliphatic heterocycles. The van der Waals surface area contributed by atoms with Crippen molar-refractivity contribution < 1.29 is 14.1 Å². The number of benzene rings is 2. The van der Waals surface area contributed by atoms with E-state index in [0.29, 0.717) is 6.54 Å². The zero-order valence-electron chi connectivity index (χ0n) is 10.7. The first-order chi connectivity index (χ1) is 9.67. The first kappa shape index (κ1) is 13.1. The molecular formula is C15H14NO3P. The lowest BCUT2D eigenvalue weighted by Crippen LogP contribution is -2.27. The van der Waals surface area contributed by atoms with Gasteiger partial charge in [-0.2, -0.15) is 4.62 Å². The van der Waals surface area contributed by atoms with Gasteiger partial charge in [-0.25, -0.2) is 5.06 Å². The Hall–Kier alpha value is -1.87. The largest absolute Gasteiger partial charge is 0.380 e. The van der Waals surface area contributed by atoms with Crippen LogP contribution in [-0.4, -0.2) is 11.4 Å². The van der Waals surface area contributed by atoms with Crippen LogP contribution >= 0.6 is 7.60 Å². The van der Waals surface area contributed by atoms with E-state index in [1.54, 1.807) is 30.3 Å². The summed E-state index contributed by atoms with van der Waals surface area (Å²) in [6.07, 6.45) is 3.87. The number of hydrogen-bond acceptors (Lipinski definition) is 3. The summed E-state index contributed by atoms with van der Waals surface area (Å²) in [5.74, 6) is 0. The van der Waals surface area contributed by atoms with Crippen molar-refractivity contribution in [1.82, 2.24) is 0 Å². The number of rotatable bonds is 3. The third-order valence-electron chi connectivity index (χ3n) is 3.07. The first-order valence-corrected chi connectivity index (χ1v) is 7.86. The van der Waals surface area contributed by atoms with E-state index < -0.39 is 7.60 Å². The number of anilines is 1. The van der Waals surface area contributed by atoms with Crippen molar-refractivity contribution in [3.05, 3.63) is 66.2 Å². The fourth-order valence-corrected chi connectivity index (χ4v) is 3.17. The van der Waals surface area contributed by atoms with Gasteiger partial charge in [0.05, 0.1) is 17.5 Å². The van der Waals surface area contributed by atoms with Crippen molar-refractivity contribution in [2.75, 3.05) is 11.6 Å². The van der Waals surface area contributed by atoms with Crippen molar-refractivity contribution in [1.29, 1.82) is 0 Å². The van der Waals surface area contributed by atoms with Gasteiger partial charge in [0, 0.05) is 0 Å². The Morgan fingerprint density at radius 2 is 1.75 bits per heavy atom. The summed E-state index contributed by atoms with van der Waals surface area (Å²) in [5, 5.41) is 1.75. The lowest BCUT2D eigenvalue weighted by Gasteiger charge is -2.28. The monoisotopic (exact) mass is 287 g/mol. The number of fused-ring (bicyclic) bond motifs is 1. The maximum atomic E-state index is 12.4. The van der Waals surface area contributed by atoms with Crippen LogP contribution in [0.5, 0.6) is 0 Å². The molecule has 0 spiro atoms. The number of hydrogen-bond donors (Lipinski definition) is 1. The fraction of sp³-hybridized carbons (Fsp3) is 0.0667. The Labute approximate surface area is 117 Å². The number of nitrogens with zero attached hydrogens (tertiary/aromatic N) is 1.